The van der Waals surface area contributed by atoms with Crippen LogP contribution in [-0.2, 0) is 14.3 Å². The Hall–Kier alpha value is -1.74. The van der Waals surface area contributed by atoms with Crippen LogP contribution in [0.1, 0.15) is 30.0 Å². The van der Waals surface area contributed by atoms with Crippen LogP contribution in [-0.4, -0.2) is 23.3 Å². The number of Topliss-reactive ketones (excluding diaryl/α,β-unsaturated/α-hetero) is 1. The molecular weight excluding hydrogens is 264 g/mol. The highest BCUT2D eigenvalue weighted by Crippen LogP contribution is 2.38. The summed E-state index contributed by atoms with van der Waals surface area (Å²) >= 11 is 1.27. The molecule has 1 aliphatic carbocycles. The Labute approximate surface area is 115 Å². The zero-order valence-electron chi connectivity index (χ0n) is 10.8. The summed E-state index contributed by atoms with van der Waals surface area (Å²) in [6.07, 6.45) is 0.820. The molecular formula is C13H14N2O3S. The lowest BCUT2D eigenvalue weighted by Gasteiger charge is -2.06. The highest BCUT2D eigenvalue weighted by atomic mass is 32.1. The van der Waals surface area contributed by atoms with E-state index in [-0.39, 0.29) is 18.5 Å². The van der Waals surface area contributed by atoms with Crippen molar-refractivity contribution >= 4 is 23.1 Å². The Morgan fingerprint density at radius 1 is 1.68 bits per heavy atom. The van der Waals surface area contributed by atoms with Crippen LogP contribution in [0.3, 0.4) is 0 Å². The number of hydrogen-bond acceptors (Lipinski definition) is 6. The predicted octanol–water partition coefficient (Wildman–Crippen LogP) is 1.83. The highest BCUT2D eigenvalue weighted by molar-refractivity contribution is 7.09. The van der Waals surface area contributed by atoms with Gasteiger partial charge >= 0.3 is 5.97 Å². The van der Waals surface area contributed by atoms with Gasteiger partial charge in [0.2, 0.25) is 0 Å². The highest BCUT2D eigenvalue weighted by Gasteiger charge is 2.41. The summed E-state index contributed by atoms with van der Waals surface area (Å²) in [5.74, 6) is -1.43. The monoisotopic (exact) mass is 278 g/mol. The zero-order valence-corrected chi connectivity index (χ0v) is 11.6. The van der Waals surface area contributed by atoms with Gasteiger partial charge in [-0.25, -0.2) is 4.98 Å². The number of ketones is 1. The van der Waals surface area contributed by atoms with E-state index in [2.05, 4.69) is 4.98 Å². The van der Waals surface area contributed by atoms with Crippen LogP contribution >= 0.6 is 11.3 Å². The molecule has 5 nitrogen and oxygen atoms in total. The number of hydrogen-bond donors (Lipinski definition) is 0. The normalized spacial score (nSPS) is 22.4. The quantitative estimate of drug-likeness (QED) is 0.767. The van der Waals surface area contributed by atoms with Gasteiger partial charge in [0.1, 0.15) is 5.01 Å². The molecule has 100 valence electrons. The van der Waals surface area contributed by atoms with Gasteiger partial charge in [-0.1, -0.05) is 6.92 Å². The molecule has 1 heterocycles. The topological polar surface area (TPSA) is 80.0 Å². The van der Waals surface area contributed by atoms with Crippen LogP contribution in [0, 0.1) is 30.1 Å². The number of nitrogens with zero attached hydrogens (tertiary/aromatic N) is 2. The molecule has 1 saturated carbocycles. The summed E-state index contributed by atoms with van der Waals surface area (Å²) in [6.45, 7) is 3.41. The Balaban J connectivity index is 1.91. The van der Waals surface area contributed by atoms with Gasteiger partial charge in [0.25, 0.3) is 0 Å². The van der Waals surface area contributed by atoms with Crippen LogP contribution in [0.2, 0.25) is 0 Å². The molecule has 0 unspecified atom stereocenters. The third-order valence-electron chi connectivity index (χ3n) is 3.10. The molecule has 3 atom stereocenters. The van der Waals surface area contributed by atoms with Crippen LogP contribution in [0.5, 0.6) is 0 Å². The van der Waals surface area contributed by atoms with Gasteiger partial charge < -0.3 is 4.74 Å². The van der Waals surface area contributed by atoms with Crippen molar-refractivity contribution in [2.24, 2.45) is 11.8 Å². The van der Waals surface area contributed by atoms with E-state index in [1.807, 2.05) is 13.0 Å². The van der Waals surface area contributed by atoms with Gasteiger partial charge in [0.15, 0.2) is 18.3 Å². The standard InChI is InChI=1S/C13H14N2O3S/c1-7-3-9(7)13(17)18-5-11(16)10(4-14)12-15-8(2)6-19-12/h6-7,9-10H,3,5H2,1-2H3/t7-,9-,10+/m0/s1. The molecule has 19 heavy (non-hydrogen) atoms. The molecule has 0 radical (unpaired) electrons. The Morgan fingerprint density at radius 2 is 2.37 bits per heavy atom. The van der Waals surface area contributed by atoms with Gasteiger partial charge in [-0.05, 0) is 19.3 Å². The van der Waals surface area contributed by atoms with Gasteiger partial charge in [-0.3, -0.25) is 9.59 Å². The molecule has 0 aliphatic heterocycles. The average molecular weight is 278 g/mol. The minimum absolute atomic E-state index is 0.0737. The van der Waals surface area contributed by atoms with E-state index in [0.717, 1.165) is 12.1 Å². The third-order valence-corrected chi connectivity index (χ3v) is 4.13. The van der Waals surface area contributed by atoms with Gasteiger partial charge in [0, 0.05) is 11.1 Å². The molecule has 0 aromatic carbocycles. The number of esters is 1. The molecule has 0 amide bonds. The lowest BCUT2D eigenvalue weighted by atomic mass is 10.1. The first-order valence-electron chi connectivity index (χ1n) is 6.04. The largest absolute Gasteiger partial charge is 0.457 e. The van der Waals surface area contributed by atoms with Gasteiger partial charge in [0.05, 0.1) is 12.0 Å². The average Bonchev–Trinajstić information content (AvgIpc) is 2.96. The summed E-state index contributed by atoms with van der Waals surface area (Å²) in [6, 6.07) is 1.92. The summed E-state index contributed by atoms with van der Waals surface area (Å²) in [7, 11) is 0. The molecule has 0 N–H and O–H groups in total. The molecule has 0 bridgehead atoms. The molecule has 1 fully saturated rings. The number of nitriles is 1. The summed E-state index contributed by atoms with van der Waals surface area (Å²) < 4.78 is 4.95. The number of carbonyl (C=O) groups is 2. The Morgan fingerprint density at radius 3 is 2.84 bits per heavy atom. The summed E-state index contributed by atoms with van der Waals surface area (Å²) in [5, 5.41) is 11.3. The van der Waals surface area contributed by atoms with E-state index >= 15 is 0 Å². The van der Waals surface area contributed by atoms with Crippen LogP contribution in [0.15, 0.2) is 5.38 Å². The minimum atomic E-state index is -0.942. The van der Waals surface area contributed by atoms with Crippen molar-refractivity contribution < 1.29 is 14.3 Å². The summed E-state index contributed by atoms with van der Waals surface area (Å²) in [5.41, 5.74) is 0.775. The van der Waals surface area contributed by atoms with Crippen LogP contribution in [0.4, 0.5) is 0 Å². The molecule has 0 saturated heterocycles. The van der Waals surface area contributed by atoms with Crippen LogP contribution in [0.25, 0.3) is 0 Å². The van der Waals surface area contributed by atoms with Crippen molar-refractivity contribution in [3.8, 4) is 6.07 Å². The number of aromatic nitrogens is 1. The maximum Gasteiger partial charge on any atom is 0.309 e. The van der Waals surface area contributed by atoms with Gasteiger partial charge in [-0.15, -0.1) is 11.3 Å². The zero-order chi connectivity index (χ0) is 14.0. The number of aryl methyl sites for hydroxylation is 1. The first kappa shape index (κ1) is 13.7. The van der Waals surface area contributed by atoms with Crippen molar-refractivity contribution in [2.75, 3.05) is 6.61 Å². The van der Waals surface area contributed by atoms with Crippen molar-refractivity contribution in [3.05, 3.63) is 16.1 Å². The van der Waals surface area contributed by atoms with E-state index < -0.39 is 11.7 Å². The van der Waals surface area contributed by atoms with E-state index in [1.54, 1.807) is 12.3 Å². The fourth-order valence-electron chi connectivity index (χ4n) is 1.75. The van der Waals surface area contributed by atoms with Crippen molar-refractivity contribution in [2.45, 2.75) is 26.2 Å². The lowest BCUT2D eigenvalue weighted by Crippen LogP contribution is -2.20. The van der Waals surface area contributed by atoms with E-state index in [4.69, 9.17) is 10.00 Å². The van der Waals surface area contributed by atoms with Crippen LogP contribution < -0.4 is 0 Å². The lowest BCUT2D eigenvalue weighted by molar-refractivity contribution is -0.149. The van der Waals surface area contributed by atoms with E-state index in [0.29, 0.717) is 10.9 Å². The van der Waals surface area contributed by atoms with Crippen molar-refractivity contribution in [3.63, 3.8) is 0 Å². The second-order valence-electron chi connectivity index (χ2n) is 4.78. The van der Waals surface area contributed by atoms with Crippen molar-refractivity contribution in [1.29, 1.82) is 5.26 Å². The second kappa shape index (κ2) is 5.49. The Bertz CT molecular complexity index is 546. The molecule has 1 aromatic rings. The summed E-state index contributed by atoms with van der Waals surface area (Å²) in [4.78, 5) is 27.5. The third kappa shape index (κ3) is 3.18. The van der Waals surface area contributed by atoms with E-state index in [9.17, 15) is 9.59 Å². The number of carbonyl (C=O) groups excluding carboxylic acids is 2. The smallest absolute Gasteiger partial charge is 0.309 e. The maximum atomic E-state index is 11.9. The first-order valence-corrected chi connectivity index (χ1v) is 6.92. The number of rotatable bonds is 5. The molecule has 0 spiro atoms. The number of ether oxygens (including phenoxy) is 1. The predicted molar refractivity (Wildman–Crippen MR) is 68.4 cm³/mol. The first-order chi connectivity index (χ1) is 9.02. The molecule has 1 aliphatic rings. The Kier molecular flexibility index (Phi) is 3.96. The van der Waals surface area contributed by atoms with Gasteiger partial charge in [-0.2, -0.15) is 5.26 Å². The fraction of sp³-hybridized carbons (Fsp3) is 0.538. The SMILES string of the molecule is Cc1csc([C@H](C#N)C(=O)COC(=O)[C@H]2C[C@@H]2C)n1. The molecule has 1 aromatic heterocycles. The maximum absolute atomic E-state index is 11.9. The minimum Gasteiger partial charge on any atom is -0.457 e. The molecule has 6 heteroatoms. The second-order valence-corrected chi connectivity index (χ2v) is 5.67. The number of thiazole rings is 1. The fourth-order valence-corrected chi connectivity index (χ4v) is 2.61. The molecule has 2 rings (SSSR count). The van der Waals surface area contributed by atoms with Crippen molar-refractivity contribution in [1.82, 2.24) is 4.98 Å². The van der Waals surface area contributed by atoms with E-state index in [1.165, 1.54) is 11.3 Å².